The minimum absolute atomic E-state index is 0.460. The average Bonchev–Trinajstić information content (AvgIpc) is 3.39. The summed E-state index contributed by atoms with van der Waals surface area (Å²) in [5.41, 5.74) is 7.14. The number of thiophene rings is 1. The number of rotatable bonds is 2. The highest BCUT2D eigenvalue weighted by atomic mass is 79.9. The first kappa shape index (κ1) is 20.5. The second-order valence-corrected chi connectivity index (χ2v) is 11.1. The van der Waals surface area contributed by atoms with Gasteiger partial charge >= 0.3 is 0 Å². The third-order valence-electron chi connectivity index (χ3n) is 7.08. The topological polar surface area (TPSA) is 0 Å². The van der Waals surface area contributed by atoms with Gasteiger partial charge in [-0.05, 0) is 73.6 Å². The van der Waals surface area contributed by atoms with Crippen LogP contribution in [0, 0.1) is 0 Å². The van der Waals surface area contributed by atoms with Gasteiger partial charge in [0.25, 0.3) is 0 Å². The molecular weight excluding hydrogens is 520 g/mol. The molecule has 5 aromatic carbocycles. The molecule has 0 nitrogen and oxygen atoms in total. The Morgan fingerprint density at radius 3 is 2.03 bits per heavy atom. The predicted octanol–water partition coefficient (Wildman–Crippen LogP) is 9.83. The van der Waals surface area contributed by atoms with Crippen molar-refractivity contribution in [3.8, 4) is 11.1 Å². The molecule has 0 atom stereocenters. The van der Waals surface area contributed by atoms with E-state index >= 15 is 0 Å². The van der Waals surface area contributed by atoms with Gasteiger partial charge in [0.05, 0.1) is 10.1 Å². The molecule has 1 heterocycles. The van der Waals surface area contributed by atoms with Crippen LogP contribution in [0.25, 0.3) is 31.3 Å². The molecule has 7 rings (SSSR count). The summed E-state index contributed by atoms with van der Waals surface area (Å²) in [6.07, 6.45) is 0. The fraction of sp³-hybridized carbons (Fsp3) is 0.0323. The smallest absolute Gasteiger partial charge is 0.0714 e. The van der Waals surface area contributed by atoms with Crippen LogP contribution < -0.4 is 0 Å². The minimum atomic E-state index is -0.460. The Labute approximate surface area is 215 Å². The van der Waals surface area contributed by atoms with Gasteiger partial charge in [0, 0.05) is 25.0 Å². The van der Waals surface area contributed by atoms with Crippen molar-refractivity contribution in [3.05, 3.63) is 141 Å². The van der Waals surface area contributed by atoms with Gasteiger partial charge in [-0.3, -0.25) is 0 Å². The zero-order valence-electron chi connectivity index (χ0n) is 18.1. The highest BCUT2D eigenvalue weighted by Crippen LogP contribution is 2.60. The van der Waals surface area contributed by atoms with Gasteiger partial charge in [-0.2, -0.15) is 0 Å². The lowest BCUT2D eigenvalue weighted by atomic mass is 9.67. The maximum atomic E-state index is 6.68. The molecule has 0 bridgehead atoms. The summed E-state index contributed by atoms with van der Waals surface area (Å²) in [5.74, 6) is 0. The second kappa shape index (κ2) is 7.55. The van der Waals surface area contributed by atoms with Gasteiger partial charge in [-0.1, -0.05) is 96.5 Å². The summed E-state index contributed by atoms with van der Waals surface area (Å²) in [5, 5.41) is 3.38. The summed E-state index contributed by atoms with van der Waals surface area (Å²) in [6.45, 7) is 0. The minimum Gasteiger partial charge on any atom is -0.134 e. The Morgan fingerprint density at radius 2 is 1.32 bits per heavy atom. The normalized spacial score (nSPS) is 13.8. The zero-order chi connectivity index (χ0) is 22.9. The molecule has 0 amide bonds. The third-order valence-corrected chi connectivity index (χ3v) is 9.40. The average molecular weight is 538 g/mol. The maximum absolute atomic E-state index is 6.68. The molecule has 34 heavy (non-hydrogen) atoms. The van der Waals surface area contributed by atoms with Crippen LogP contribution in [-0.2, 0) is 5.41 Å². The van der Waals surface area contributed by atoms with Crippen molar-refractivity contribution in [1.82, 2.24) is 0 Å². The van der Waals surface area contributed by atoms with Crippen molar-refractivity contribution in [2.24, 2.45) is 0 Å². The van der Waals surface area contributed by atoms with Crippen LogP contribution in [0.1, 0.15) is 22.3 Å². The zero-order valence-corrected chi connectivity index (χ0v) is 21.2. The quantitative estimate of drug-likeness (QED) is 0.206. The first-order valence-corrected chi connectivity index (χ1v) is 13.2. The van der Waals surface area contributed by atoms with E-state index in [1.807, 2.05) is 17.4 Å². The number of halogens is 2. The van der Waals surface area contributed by atoms with Crippen molar-refractivity contribution in [2.45, 2.75) is 5.41 Å². The monoisotopic (exact) mass is 536 g/mol. The Hall–Kier alpha value is -2.91. The predicted molar refractivity (Wildman–Crippen MR) is 149 cm³/mol. The number of hydrogen-bond acceptors (Lipinski definition) is 1. The van der Waals surface area contributed by atoms with Gasteiger partial charge < -0.3 is 0 Å². The molecule has 0 fully saturated rings. The van der Waals surface area contributed by atoms with Crippen LogP contribution in [0.3, 0.4) is 0 Å². The van der Waals surface area contributed by atoms with Crippen LogP contribution in [0.5, 0.6) is 0 Å². The van der Waals surface area contributed by atoms with Crippen LogP contribution in [0.2, 0.25) is 5.02 Å². The van der Waals surface area contributed by atoms with E-state index in [0.717, 1.165) is 9.50 Å². The fourth-order valence-corrected chi connectivity index (χ4v) is 7.75. The molecule has 1 aliphatic carbocycles. The molecule has 0 N–H and O–H groups in total. The number of hydrogen-bond donors (Lipinski definition) is 0. The van der Waals surface area contributed by atoms with Crippen LogP contribution >= 0.6 is 38.9 Å². The highest BCUT2D eigenvalue weighted by Gasteiger charge is 2.47. The summed E-state index contributed by atoms with van der Waals surface area (Å²) < 4.78 is 3.73. The largest absolute Gasteiger partial charge is 0.134 e. The molecule has 0 spiro atoms. The van der Waals surface area contributed by atoms with Crippen LogP contribution in [0.4, 0.5) is 0 Å². The molecule has 6 aromatic rings. The second-order valence-electron chi connectivity index (χ2n) is 8.76. The molecule has 0 saturated carbocycles. The molecule has 0 aliphatic heterocycles. The van der Waals surface area contributed by atoms with Gasteiger partial charge in [-0.25, -0.2) is 0 Å². The van der Waals surface area contributed by atoms with Crippen LogP contribution in [0.15, 0.2) is 114 Å². The first-order valence-electron chi connectivity index (χ1n) is 11.3. The van der Waals surface area contributed by atoms with Crippen molar-refractivity contribution in [2.75, 3.05) is 0 Å². The Kier molecular flexibility index (Phi) is 4.54. The van der Waals surface area contributed by atoms with Gasteiger partial charge in [0.15, 0.2) is 0 Å². The third kappa shape index (κ3) is 2.65. The molecule has 0 saturated heterocycles. The van der Waals surface area contributed by atoms with E-state index in [0.29, 0.717) is 0 Å². The molecule has 0 unspecified atom stereocenters. The molecule has 0 radical (unpaired) electrons. The molecule has 1 aromatic heterocycles. The van der Waals surface area contributed by atoms with Gasteiger partial charge in [-0.15, -0.1) is 11.3 Å². The summed E-state index contributed by atoms with van der Waals surface area (Å²) in [6, 6.07) is 39.2. The molecule has 1 aliphatic rings. The molecular formula is C31H18BrClS. The molecule has 3 heteroatoms. The van der Waals surface area contributed by atoms with E-state index in [1.54, 1.807) is 0 Å². The first-order chi connectivity index (χ1) is 16.7. The van der Waals surface area contributed by atoms with E-state index in [1.165, 1.54) is 53.6 Å². The maximum Gasteiger partial charge on any atom is 0.0714 e. The summed E-state index contributed by atoms with van der Waals surface area (Å²) in [7, 11) is 0. The van der Waals surface area contributed by atoms with E-state index < -0.39 is 5.41 Å². The SMILES string of the molecule is Clc1ccc2c(c1)C(c1ccccc1)(c1ccccc1)c1cc(Br)c3sc4ccccc4c3c1-2. The standard InChI is InChI=1S/C31H18BrClS/c32-26-18-25-28(29-23-13-7-8-14-27(23)34-30(26)29)22-16-15-21(33)17-24(22)31(25,19-9-3-1-4-10-19)20-11-5-2-6-12-20/h1-18H. The number of benzene rings is 5. The molecule has 162 valence electrons. The van der Waals surface area contributed by atoms with E-state index in [4.69, 9.17) is 11.6 Å². The van der Waals surface area contributed by atoms with Crippen molar-refractivity contribution < 1.29 is 0 Å². The van der Waals surface area contributed by atoms with Gasteiger partial charge in [0.1, 0.15) is 0 Å². The number of fused-ring (bicyclic) bond motifs is 7. The van der Waals surface area contributed by atoms with E-state index in [2.05, 4.69) is 119 Å². The van der Waals surface area contributed by atoms with E-state index in [-0.39, 0.29) is 0 Å². The Balaban J connectivity index is 1.76. The van der Waals surface area contributed by atoms with Gasteiger partial charge in [0.2, 0.25) is 0 Å². The van der Waals surface area contributed by atoms with E-state index in [9.17, 15) is 0 Å². The van der Waals surface area contributed by atoms with Crippen LogP contribution in [-0.4, -0.2) is 0 Å². The highest BCUT2D eigenvalue weighted by molar-refractivity contribution is 9.10. The Bertz CT molecular complexity index is 1680. The lowest BCUT2D eigenvalue weighted by Crippen LogP contribution is -2.28. The van der Waals surface area contributed by atoms with Crippen molar-refractivity contribution in [3.63, 3.8) is 0 Å². The lowest BCUT2D eigenvalue weighted by molar-refractivity contribution is 0.768. The van der Waals surface area contributed by atoms with Crippen molar-refractivity contribution in [1.29, 1.82) is 0 Å². The Morgan fingerprint density at radius 1 is 0.676 bits per heavy atom. The lowest BCUT2D eigenvalue weighted by Gasteiger charge is -2.34. The summed E-state index contributed by atoms with van der Waals surface area (Å²) >= 11 is 12.5. The fourth-order valence-electron chi connectivity index (χ4n) is 5.79. The summed E-state index contributed by atoms with van der Waals surface area (Å²) in [4.78, 5) is 0. The van der Waals surface area contributed by atoms with Crippen molar-refractivity contribution >= 4 is 59.0 Å².